The summed E-state index contributed by atoms with van der Waals surface area (Å²) in [4.78, 5) is 12.6. The van der Waals surface area contributed by atoms with Crippen LogP contribution >= 0.6 is 11.8 Å². The molecule has 0 spiro atoms. The van der Waals surface area contributed by atoms with Crippen LogP contribution in [0.1, 0.15) is 25.1 Å². The summed E-state index contributed by atoms with van der Waals surface area (Å²) in [7, 11) is 1.87. The summed E-state index contributed by atoms with van der Waals surface area (Å²) in [5, 5.41) is 11.3. The van der Waals surface area contributed by atoms with E-state index in [9.17, 15) is 13.2 Å². The highest BCUT2D eigenvalue weighted by atomic mass is 32.2. The lowest BCUT2D eigenvalue weighted by molar-refractivity contribution is -0.115. The van der Waals surface area contributed by atoms with Gasteiger partial charge in [0.2, 0.25) is 5.91 Å². The number of benzene rings is 1. The summed E-state index contributed by atoms with van der Waals surface area (Å²) >= 11 is 1.26. The van der Waals surface area contributed by atoms with E-state index in [-0.39, 0.29) is 23.3 Å². The van der Waals surface area contributed by atoms with Crippen LogP contribution < -0.4 is 14.8 Å². The van der Waals surface area contributed by atoms with Gasteiger partial charge in [-0.1, -0.05) is 11.8 Å². The molecule has 2 heterocycles. The van der Waals surface area contributed by atoms with Crippen molar-refractivity contribution in [1.82, 2.24) is 14.8 Å². The van der Waals surface area contributed by atoms with E-state index < -0.39 is 15.1 Å². The summed E-state index contributed by atoms with van der Waals surface area (Å²) in [6.45, 7) is 1.77. The molecule has 2 unspecified atom stereocenters. The first-order valence-electron chi connectivity index (χ1n) is 9.02. The van der Waals surface area contributed by atoms with E-state index in [0.29, 0.717) is 34.6 Å². The van der Waals surface area contributed by atoms with Gasteiger partial charge in [-0.15, -0.1) is 10.2 Å². The third kappa shape index (κ3) is 5.02. The highest BCUT2D eigenvalue weighted by Gasteiger charge is 2.33. The van der Waals surface area contributed by atoms with Gasteiger partial charge in [0.15, 0.2) is 15.0 Å². The number of sulfone groups is 1. The molecule has 1 saturated heterocycles. The lowest BCUT2D eigenvalue weighted by Gasteiger charge is -2.14. The van der Waals surface area contributed by atoms with Gasteiger partial charge in [-0.05, 0) is 13.3 Å². The third-order valence-corrected chi connectivity index (χ3v) is 7.64. The number of carbonyl (C=O) groups is 1. The molecule has 0 radical (unpaired) electrons. The zero-order chi connectivity index (χ0) is 21.2. The molecule has 1 amide bonds. The average Bonchev–Trinajstić information content (AvgIpc) is 3.23. The number of thioether (sulfide) groups is 1. The van der Waals surface area contributed by atoms with Gasteiger partial charge < -0.3 is 19.4 Å². The van der Waals surface area contributed by atoms with Crippen molar-refractivity contribution in [1.29, 1.82) is 0 Å². The van der Waals surface area contributed by atoms with Crippen molar-refractivity contribution in [2.75, 3.05) is 31.0 Å². The highest BCUT2D eigenvalue weighted by molar-refractivity contribution is 8.00. The molecule has 1 fully saturated rings. The predicted molar refractivity (Wildman–Crippen MR) is 111 cm³/mol. The molecule has 1 aromatic carbocycles. The Morgan fingerprint density at radius 3 is 2.45 bits per heavy atom. The number of hydrogen-bond donors (Lipinski definition) is 1. The summed E-state index contributed by atoms with van der Waals surface area (Å²) in [6.07, 6.45) is 0.548. The Balaban J connectivity index is 1.68. The van der Waals surface area contributed by atoms with Crippen LogP contribution in [-0.4, -0.2) is 60.1 Å². The van der Waals surface area contributed by atoms with Crippen molar-refractivity contribution in [2.45, 2.75) is 29.7 Å². The average molecular weight is 441 g/mol. The fourth-order valence-electron chi connectivity index (χ4n) is 3.12. The van der Waals surface area contributed by atoms with Crippen LogP contribution in [0.25, 0.3) is 0 Å². The number of methoxy groups -OCH3 is 2. The number of rotatable bonds is 7. The molecule has 0 aliphatic carbocycles. The molecule has 1 aromatic heterocycles. The molecular formula is C18H24N4O5S2. The first-order valence-corrected chi connectivity index (χ1v) is 11.7. The maximum Gasteiger partial charge on any atom is 0.237 e. The predicted octanol–water partition coefficient (Wildman–Crippen LogP) is 1.85. The molecule has 29 heavy (non-hydrogen) atoms. The number of ether oxygens (including phenoxy) is 2. The van der Waals surface area contributed by atoms with E-state index in [1.165, 1.54) is 11.8 Å². The molecule has 1 aliphatic heterocycles. The lowest BCUT2D eigenvalue weighted by Crippen LogP contribution is -2.23. The van der Waals surface area contributed by atoms with Crippen LogP contribution in [0.4, 0.5) is 5.69 Å². The third-order valence-electron chi connectivity index (χ3n) is 4.74. The van der Waals surface area contributed by atoms with E-state index in [2.05, 4.69) is 15.5 Å². The Hall–Kier alpha value is -2.27. The molecule has 11 heteroatoms. The van der Waals surface area contributed by atoms with Crippen molar-refractivity contribution in [3.8, 4) is 11.5 Å². The quantitative estimate of drug-likeness (QED) is 0.649. The van der Waals surface area contributed by atoms with E-state index in [1.54, 1.807) is 51.0 Å². The number of aromatic nitrogens is 3. The molecular weight excluding hydrogens is 416 g/mol. The second-order valence-electron chi connectivity index (χ2n) is 6.85. The maximum absolute atomic E-state index is 12.6. The number of nitrogens with one attached hydrogen (secondary N) is 1. The number of amides is 1. The topological polar surface area (TPSA) is 112 Å². The normalized spacial score (nSPS) is 19.0. The number of nitrogens with zero attached hydrogens (tertiary/aromatic N) is 3. The fraction of sp³-hybridized carbons (Fsp3) is 0.500. The molecule has 9 nitrogen and oxygen atoms in total. The number of anilines is 1. The van der Waals surface area contributed by atoms with Gasteiger partial charge in [0, 0.05) is 36.9 Å². The first-order chi connectivity index (χ1) is 13.7. The smallest absolute Gasteiger partial charge is 0.237 e. The number of hydrogen-bond acceptors (Lipinski definition) is 8. The van der Waals surface area contributed by atoms with Crippen molar-refractivity contribution in [3.63, 3.8) is 0 Å². The van der Waals surface area contributed by atoms with E-state index in [1.807, 2.05) is 0 Å². The minimum atomic E-state index is -3.01. The molecule has 2 aromatic rings. The molecule has 0 bridgehead atoms. The SMILES string of the molecule is COc1cc(NC(=O)C(C)Sc2nnc(C3CCS(=O)(=O)C3)n2C)cc(OC)c1. The van der Waals surface area contributed by atoms with Gasteiger partial charge in [0.1, 0.15) is 17.3 Å². The Morgan fingerprint density at radius 1 is 1.24 bits per heavy atom. The monoisotopic (exact) mass is 440 g/mol. The fourth-order valence-corrected chi connectivity index (χ4v) is 5.68. The first kappa shape index (κ1) is 21.4. The Labute approximate surface area is 174 Å². The summed E-state index contributed by atoms with van der Waals surface area (Å²) in [5.41, 5.74) is 0.563. The standard InChI is InChI=1S/C18H24N4O5S2/c1-11(17(23)19-13-7-14(26-3)9-15(8-13)27-4)28-18-21-20-16(22(18)2)12-5-6-29(24,25)10-12/h7-9,11-12H,5-6,10H2,1-4H3,(H,19,23). The Kier molecular flexibility index (Phi) is 6.37. The van der Waals surface area contributed by atoms with Crippen LogP contribution in [0.15, 0.2) is 23.4 Å². The highest BCUT2D eigenvalue weighted by Crippen LogP contribution is 2.31. The minimum absolute atomic E-state index is 0.0946. The Morgan fingerprint density at radius 2 is 1.90 bits per heavy atom. The Bertz CT molecular complexity index is 983. The van der Waals surface area contributed by atoms with E-state index >= 15 is 0 Å². The van der Waals surface area contributed by atoms with E-state index in [0.717, 1.165) is 0 Å². The van der Waals surface area contributed by atoms with Crippen LogP contribution in [0, 0.1) is 0 Å². The van der Waals surface area contributed by atoms with Gasteiger partial charge in [-0.25, -0.2) is 8.42 Å². The molecule has 3 rings (SSSR count). The number of carbonyl (C=O) groups excluding carboxylic acids is 1. The lowest BCUT2D eigenvalue weighted by atomic mass is 10.1. The van der Waals surface area contributed by atoms with Gasteiger partial charge in [0.05, 0.1) is 31.0 Å². The van der Waals surface area contributed by atoms with Crippen LogP contribution in [0.3, 0.4) is 0 Å². The second kappa shape index (κ2) is 8.62. The van der Waals surface area contributed by atoms with Crippen molar-refractivity contribution < 1.29 is 22.7 Å². The minimum Gasteiger partial charge on any atom is -0.497 e. The largest absolute Gasteiger partial charge is 0.497 e. The van der Waals surface area contributed by atoms with Crippen molar-refractivity contribution in [2.24, 2.45) is 7.05 Å². The second-order valence-corrected chi connectivity index (χ2v) is 10.4. The van der Waals surface area contributed by atoms with Gasteiger partial charge >= 0.3 is 0 Å². The van der Waals surface area contributed by atoms with Crippen molar-refractivity contribution in [3.05, 3.63) is 24.0 Å². The summed E-state index contributed by atoms with van der Waals surface area (Å²) in [6, 6.07) is 5.13. The zero-order valence-corrected chi connectivity index (χ0v) is 18.3. The molecule has 0 saturated carbocycles. The van der Waals surface area contributed by atoms with Gasteiger partial charge in [-0.3, -0.25) is 4.79 Å². The molecule has 158 valence electrons. The van der Waals surface area contributed by atoms with Crippen molar-refractivity contribution >= 4 is 33.2 Å². The maximum atomic E-state index is 12.6. The van der Waals surface area contributed by atoms with Gasteiger partial charge in [0.25, 0.3) is 0 Å². The van der Waals surface area contributed by atoms with Crippen LogP contribution in [0.2, 0.25) is 0 Å². The van der Waals surface area contributed by atoms with Gasteiger partial charge in [-0.2, -0.15) is 0 Å². The van der Waals surface area contributed by atoms with Crippen LogP contribution in [-0.2, 0) is 21.7 Å². The molecule has 1 aliphatic rings. The van der Waals surface area contributed by atoms with E-state index in [4.69, 9.17) is 9.47 Å². The summed E-state index contributed by atoms with van der Waals surface area (Å²) in [5.74, 6) is 1.69. The van der Waals surface area contributed by atoms with Crippen LogP contribution in [0.5, 0.6) is 11.5 Å². The summed E-state index contributed by atoms with van der Waals surface area (Å²) < 4.78 is 35.7. The zero-order valence-electron chi connectivity index (χ0n) is 16.7. The molecule has 2 atom stereocenters. The molecule has 1 N–H and O–H groups in total.